The summed E-state index contributed by atoms with van der Waals surface area (Å²) in [7, 11) is 1.45. The number of aromatic nitrogens is 1. The Labute approximate surface area is 148 Å². The number of pyridine rings is 1. The molecule has 26 heavy (non-hydrogen) atoms. The number of rotatable bonds is 2. The van der Waals surface area contributed by atoms with Crippen LogP contribution < -0.4 is 26.8 Å². The Morgan fingerprint density at radius 1 is 1.35 bits per heavy atom. The van der Waals surface area contributed by atoms with E-state index in [9.17, 15) is 10.4 Å². The van der Waals surface area contributed by atoms with Crippen LogP contribution in [0.1, 0.15) is 22.7 Å². The SMILES string of the molecule is COc1cc(O)ccc1C1N=C(NC#N)Nc2nc(N)c(C#N)c(N)c21. The number of fused-ring (bicyclic) bond motifs is 1. The molecule has 7 N–H and O–H groups in total. The molecular formula is C16H14N8O2. The molecule has 0 radical (unpaired) electrons. The fraction of sp³-hybridized carbons (Fsp3) is 0.125. The van der Waals surface area contributed by atoms with Crippen molar-refractivity contribution in [1.29, 1.82) is 10.5 Å². The van der Waals surface area contributed by atoms with Gasteiger partial charge < -0.3 is 26.6 Å². The number of nitrogen functional groups attached to an aromatic ring is 2. The van der Waals surface area contributed by atoms with Crippen LogP contribution in [0.3, 0.4) is 0 Å². The summed E-state index contributed by atoms with van der Waals surface area (Å²) in [5.41, 5.74) is 13.1. The highest BCUT2D eigenvalue weighted by Crippen LogP contribution is 2.43. The van der Waals surface area contributed by atoms with Gasteiger partial charge in [0.15, 0.2) is 6.19 Å². The molecule has 10 heteroatoms. The number of nitriles is 2. The first-order valence-electron chi connectivity index (χ1n) is 7.35. The maximum Gasteiger partial charge on any atom is 0.211 e. The quantitative estimate of drug-likeness (QED) is 0.386. The molecule has 2 heterocycles. The lowest BCUT2D eigenvalue weighted by Gasteiger charge is -2.27. The molecule has 1 unspecified atom stereocenters. The van der Waals surface area contributed by atoms with Gasteiger partial charge in [0.2, 0.25) is 5.96 Å². The van der Waals surface area contributed by atoms with E-state index in [0.29, 0.717) is 16.9 Å². The summed E-state index contributed by atoms with van der Waals surface area (Å²) >= 11 is 0. The number of hydrogen-bond acceptors (Lipinski definition) is 10. The molecule has 3 rings (SSSR count). The number of benzene rings is 1. The predicted octanol–water partition coefficient (Wildman–Crippen LogP) is 0.773. The van der Waals surface area contributed by atoms with E-state index in [0.717, 1.165) is 0 Å². The lowest BCUT2D eigenvalue weighted by atomic mass is 9.94. The second-order valence-corrected chi connectivity index (χ2v) is 5.33. The Kier molecular flexibility index (Phi) is 4.09. The molecule has 10 nitrogen and oxygen atoms in total. The second kappa shape index (κ2) is 6.37. The predicted molar refractivity (Wildman–Crippen MR) is 94.1 cm³/mol. The number of hydrogen-bond donors (Lipinski definition) is 5. The van der Waals surface area contributed by atoms with Gasteiger partial charge in [0.05, 0.1) is 12.8 Å². The van der Waals surface area contributed by atoms with Gasteiger partial charge in [-0.05, 0) is 12.1 Å². The molecule has 0 saturated carbocycles. The molecule has 1 aromatic heterocycles. The van der Waals surface area contributed by atoms with Crippen molar-refractivity contribution in [3.63, 3.8) is 0 Å². The standard InChI is InChI=1S/C16H14N8O2/c1-26-10-4-7(25)2-3-8(10)13-11-12(19)9(5-17)14(20)23-15(11)24-16(22-13)21-6-18/h2-4,13,25H,1H3,(H6,19,20,21,22,23,24). The van der Waals surface area contributed by atoms with Gasteiger partial charge in [0.25, 0.3) is 0 Å². The van der Waals surface area contributed by atoms with Gasteiger partial charge >= 0.3 is 0 Å². The molecule has 2 aromatic rings. The van der Waals surface area contributed by atoms with Gasteiger partial charge in [0.1, 0.15) is 40.8 Å². The van der Waals surface area contributed by atoms with E-state index in [1.165, 1.54) is 19.2 Å². The number of aromatic hydroxyl groups is 1. The van der Waals surface area contributed by atoms with Crippen molar-refractivity contribution in [3.05, 3.63) is 34.9 Å². The first-order valence-corrected chi connectivity index (χ1v) is 7.35. The zero-order chi connectivity index (χ0) is 18.8. The highest BCUT2D eigenvalue weighted by molar-refractivity contribution is 5.98. The monoisotopic (exact) mass is 350 g/mol. The molecule has 130 valence electrons. The van der Waals surface area contributed by atoms with E-state index < -0.39 is 6.04 Å². The van der Waals surface area contributed by atoms with E-state index in [1.807, 2.05) is 6.07 Å². The molecule has 1 aromatic carbocycles. The summed E-state index contributed by atoms with van der Waals surface area (Å²) in [5.74, 6) is 0.742. The Hall–Kier alpha value is -4.18. The van der Waals surface area contributed by atoms with Crippen LogP contribution in [0.5, 0.6) is 11.5 Å². The Morgan fingerprint density at radius 2 is 2.12 bits per heavy atom. The van der Waals surface area contributed by atoms with Crippen LogP contribution in [0.4, 0.5) is 17.3 Å². The van der Waals surface area contributed by atoms with Gasteiger partial charge in [-0.2, -0.15) is 10.5 Å². The van der Waals surface area contributed by atoms with Crippen molar-refractivity contribution in [1.82, 2.24) is 10.3 Å². The second-order valence-electron chi connectivity index (χ2n) is 5.33. The summed E-state index contributed by atoms with van der Waals surface area (Å²) in [6, 6.07) is 5.71. The van der Waals surface area contributed by atoms with Gasteiger partial charge in [-0.15, -0.1) is 0 Å². The Morgan fingerprint density at radius 3 is 2.77 bits per heavy atom. The molecule has 1 aliphatic rings. The first kappa shape index (κ1) is 16.7. The van der Waals surface area contributed by atoms with E-state index >= 15 is 0 Å². The van der Waals surface area contributed by atoms with E-state index in [2.05, 4.69) is 20.6 Å². The average Bonchev–Trinajstić information content (AvgIpc) is 2.61. The maximum atomic E-state index is 9.69. The molecule has 0 spiro atoms. The van der Waals surface area contributed by atoms with Crippen molar-refractivity contribution in [2.45, 2.75) is 6.04 Å². The number of nitrogens with zero attached hydrogens (tertiary/aromatic N) is 4. The van der Waals surface area contributed by atoms with Crippen molar-refractivity contribution in [2.75, 3.05) is 23.9 Å². The summed E-state index contributed by atoms with van der Waals surface area (Å²) in [6.45, 7) is 0. The lowest BCUT2D eigenvalue weighted by Crippen LogP contribution is -2.32. The minimum absolute atomic E-state index is 0.0141. The van der Waals surface area contributed by atoms with Crippen molar-refractivity contribution < 1.29 is 9.84 Å². The summed E-state index contributed by atoms with van der Waals surface area (Å²) in [6.07, 6.45) is 1.77. The van der Waals surface area contributed by atoms with Crippen molar-refractivity contribution >= 4 is 23.3 Å². The number of aliphatic imine (C=N–C) groups is 1. The number of guanidine groups is 1. The van der Waals surface area contributed by atoms with Crippen LogP contribution in [0, 0.1) is 22.8 Å². The summed E-state index contributed by atoms with van der Waals surface area (Å²) in [5, 5.41) is 33.1. The lowest BCUT2D eigenvalue weighted by molar-refractivity contribution is 0.401. The highest BCUT2D eigenvalue weighted by atomic mass is 16.5. The zero-order valence-corrected chi connectivity index (χ0v) is 13.6. The molecular weight excluding hydrogens is 336 g/mol. The molecule has 1 aliphatic heterocycles. The van der Waals surface area contributed by atoms with Gasteiger partial charge in [-0.1, -0.05) is 0 Å². The minimum atomic E-state index is -0.738. The van der Waals surface area contributed by atoms with Crippen molar-refractivity contribution in [2.24, 2.45) is 4.99 Å². The number of methoxy groups -OCH3 is 1. The van der Waals surface area contributed by atoms with Gasteiger partial charge in [-0.25, -0.2) is 9.98 Å². The molecule has 0 aliphatic carbocycles. The number of phenols is 1. The summed E-state index contributed by atoms with van der Waals surface area (Å²) < 4.78 is 5.32. The van der Waals surface area contributed by atoms with Crippen LogP contribution in [0.2, 0.25) is 0 Å². The third kappa shape index (κ3) is 2.61. The molecule has 0 saturated heterocycles. The highest BCUT2D eigenvalue weighted by Gasteiger charge is 2.31. The average molecular weight is 350 g/mol. The van der Waals surface area contributed by atoms with Crippen molar-refractivity contribution in [3.8, 4) is 23.8 Å². The Balaban J connectivity index is 2.29. The van der Waals surface area contributed by atoms with Crippen LogP contribution in [-0.4, -0.2) is 23.2 Å². The largest absolute Gasteiger partial charge is 0.508 e. The number of anilines is 3. The smallest absolute Gasteiger partial charge is 0.211 e. The topological polar surface area (TPSA) is 178 Å². The minimum Gasteiger partial charge on any atom is -0.508 e. The normalized spacial score (nSPS) is 14.9. The molecule has 0 amide bonds. The summed E-state index contributed by atoms with van der Waals surface area (Å²) in [4.78, 5) is 8.60. The third-order valence-corrected chi connectivity index (χ3v) is 3.87. The van der Waals surface area contributed by atoms with Crippen LogP contribution in [-0.2, 0) is 0 Å². The van der Waals surface area contributed by atoms with Gasteiger partial charge in [-0.3, -0.25) is 5.32 Å². The number of nitrogens with two attached hydrogens (primary N) is 2. The molecule has 0 fully saturated rings. The molecule has 1 atom stereocenters. The molecule has 0 bridgehead atoms. The fourth-order valence-corrected chi connectivity index (χ4v) is 2.73. The van der Waals surface area contributed by atoms with Crippen LogP contribution in [0.25, 0.3) is 0 Å². The number of nitrogens with one attached hydrogen (secondary N) is 2. The van der Waals surface area contributed by atoms with E-state index in [4.69, 9.17) is 21.5 Å². The van der Waals surface area contributed by atoms with E-state index in [-0.39, 0.29) is 34.6 Å². The van der Waals surface area contributed by atoms with Crippen LogP contribution in [0.15, 0.2) is 23.2 Å². The first-order chi connectivity index (χ1) is 12.5. The number of ether oxygens (including phenoxy) is 1. The Bertz CT molecular complexity index is 1000. The fourth-order valence-electron chi connectivity index (χ4n) is 2.73. The number of phenolic OH excluding ortho intramolecular Hbond substituents is 1. The van der Waals surface area contributed by atoms with Crippen LogP contribution >= 0.6 is 0 Å². The zero-order valence-electron chi connectivity index (χ0n) is 13.6. The van der Waals surface area contributed by atoms with Gasteiger partial charge in [0, 0.05) is 17.2 Å². The third-order valence-electron chi connectivity index (χ3n) is 3.87. The van der Waals surface area contributed by atoms with E-state index in [1.54, 1.807) is 12.3 Å². The maximum absolute atomic E-state index is 9.69.